The van der Waals surface area contributed by atoms with E-state index in [9.17, 15) is 0 Å². The molecule has 0 fully saturated rings. The van der Waals surface area contributed by atoms with E-state index >= 15 is 0 Å². The van der Waals surface area contributed by atoms with E-state index in [0.717, 1.165) is 28.6 Å². The zero-order valence-corrected chi connectivity index (χ0v) is 19.7. The highest BCUT2D eigenvalue weighted by Gasteiger charge is 2.23. The van der Waals surface area contributed by atoms with Gasteiger partial charge in [-0.15, -0.1) is 0 Å². The number of hydrogen-bond donors (Lipinski definition) is 0. The second-order valence-electron chi connectivity index (χ2n) is 8.58. The van der Waals surface area contributed by atoms with Crippen molar-refractivity contribution in [3.63, 3.8) is 0 Å². The van der Waals surface area contributed by atoms with E-state index in [1.54, 1.807) is 0 Å². The van der Waals surface area contributed by atoms with Crippen LogP contribution in [0.5, 0.6) is 0 Å². The lowest BCUT2D eigenvalue weighted by Gasteiger charge is -2.28. The summed E-state index contributed by atoms with van der Waals surface area (Å²) >= 11 is 14.6. The Balaban J connectivity index is 2.15. The molecular weight excluding hydrogens is 391 g/mol. The zero-order chi connectivity index (χ0) is 20.2. The Morgan fingerprint density at radius 1 is 0.889 bits per heavy atom. The fraction of sp³-hybridized carbons (Fsp3) is 0.500. The molecule has 2 aromatic rings. The fourth-order valence-corrected chi connectivity index (χ4v) is 4.44. The lowest BCUT2D eigenvalue weighted by atomic mass is 9.77. The minimum atomic E-state index is 0.0891. The first kappa shape index (κ1) is 22.7. The van der Waals surface area contributed by atoms with Gasteiger partial charge in [-0.3, -0.25) is 0 Å². The predicted molar refractivity (Wildman–Crippen MR) is 125 cm³/mol. The third kappa shape index (κ3) is 6.44. The molecule has 0 spiro atoms. The molecule has 0 N–H and O–H groups in total. The minimum absolute atomic E-state index is 0.0891. The molecule has 0 aliphatic carbocycles. The monoisotopic (exact) mass is 422 g/mol. The van der Waals surface area contributed by atoms with Crippen molar-refractivity contribution in [1.82, 2.24) is 0 Å². The van der Waals surface area contributed by atoms with Crippen LogP contribution in [-0.4, -0.2) is 6.26 Å². The summed E-state index contributed by atoms with van der Waals surface area (Å²) in [5.41, 5.74) is 5.39. The van der Waals surface area contributed by atoms with Crippen molar-refractivity contribution >= 4 is 35.0 Å². The average molecular weight is 423 g/mol. The quantitative estimate of drug-likeness (QED) is 0.409. The van der Waals surface area contributed by atoms with Gasteiger partial charge in [0.1, 0.15) is 0 Å². The molecule has 0 nitrogen and oxygen atoms in total. The normalized spacial score (nSPS) is 13.2. The van der Waals surface area contributed by atoms with Crippen LogP contribution in [0.25, 0.3) is 0 Å². The molecule has 0 radical (unpaired) electrons. The minimum Gasteiger partial charge on any atom is -0.161 e. The Labute approximate surface area is 180 Å². The summed E-state index contributed by atoms with van der Waals surface area (Å²) in [5, 5.41) is 1.69. The Morgan fingerprint density at radius 2 is 1.52 bits per heavy atom. The first-order valence-electron chi connectivity index (χ1n) is 9.71. The van der Waals surface area contributed by atoms with Gasteiger partial charge >= 0.3 is 0 Å². The van der Waals surface area contributed by atoms with Crippen molar-refractivity contribution in [2.24, 2.45) is 0 Å². The van der Waals surface area contributed by atoms with Crippen molar-refractivity contribution in [2.75, 3.05) is 6.26 Å². The number of thioether (sulfide) groups is 1. The lowest BCUT2D eigenvalue weighted by Crippen LogP contribution is -2.18. The SMILES string of the molecule is CSCc1cc(Cl)cc(C(C)(C)CCC(C)c2cc(Cl)cc(C(C)C)c2)c1. The van der Waals surface area contributed by atoms with Gasteiger partial charge in [-0.05, 0) is 82.9 Å². The maximum atomic E-state index is 6.39. The molecule has 2 rings (SSSR count). The van der Waals surface area contributed by atoms with E-state index in [2.05, 4.69) is 77.3 Å². The Bertz CT molecular complexity index is 765. The summed E-state index contributed by atoms with van der Waals surface area (Å²) < 4.78 is 0. The first-order chi connectivity index (χ1) is 12.6. The highest BCUT2D eigenvalue weighted by Crippen LogP contribution is 2.36. The highest BCUT2D eigenvalue weighted by atomic mass is 35.5. The van der Waals surface area contributed by atoms with Crippen LogP contribution < -0.4 is 0 Å². The van der Waals surface area contributed by atoms with Crippen molar-refractivity contribution in [2.45, 2.75) is 70.5 Å². The first-order valence-corrected chi connectivity index (χ1v) is 11.9. The van der Waals surface area contributed by atoms with Crippen molar-refractivity contribution in [3.05, 3.63) is 68.7 Å². The molecule has 0 saturated carbocycles. The smallest absolute Gasteiger partial charge is 0.0411 e. The van der Waals surface area contributed by atoms with Gasteiger partial charge in [0.2, 0.25) is 0 Å². The molecule has 0 amide bonds. The number of rotatable bonds is 8. The average Bonchev–Trinajstić information content (AvgIpc) is 2.59. The maximum Gasteiger partial charge on any atom is 0.0411 e. The van der Waals surface area contributed by atoms with Gasteiger partial charge in [0.05, 0.1) is 0 Å². The summed E-state index contributed by atoms with van der Waals surface area (Å²) in [6, 6.07) is 13.1. The molecule has 1 unspecified atom stereocenters. The number of hydrogen-bond acceptors (Lipinski definition) is 1. The van der Waals surface area contributed by atoms with Crippen molar-refractivity contribution < 1.29 is 0 Å². The van der Waals surface area contributed by atoms with Crippen molar-refractivity contribution in [1.29, 1.82) is 0 Å². The largest absolute Gasteiger partial charge is 0.161 e. The van der Waals surface area contributed by atoms with Crippen LogP contribution in [0.15, 0.2) is 36.4 Å². The molecule has 0 aliphatic rings. The highest BCUT2D eigenvalue weighted by molar-refractivity contribution is 7.97. The van der Waals surface area contributed by atoms with Crippen LogP contribution in [0.2, 0.25) is 10.0 Å². The van der Waals surface area contributed by atoms with E-state index < -0.39 is 0 Å². The van der Waals surface area contributed by atoms with Crippen LogP contribution in [0.1, 0.15) is 81.5 Å². The van der Waals surface area contributed by atoms with Gasteiger partial charge < -0.3 is 0 Å². The fourth-order valence-electron chi connectivity index (χ4n) is 3.43. The topological polar surface area (TPSA) is 0 Å². The molecule has 0 saturated heterocycles. The summed E-state index contributed by atoms with van der Waals surface area (Å²) in [5.74, 6) is 1.97. The third-order valence-electron chi connectivity index (χ3n) is 5.43. The lowest BCUT2D eigenvalue weighted by molar-refractivity contribution is 0.439. The number of benzene rings is 2. The number of halogens is 2. The maximum absolute atomic E-state index is 6.39. The molecule has 1 atom stereocenters. The molecule has 27 heavy (non-hydrogen) atoms. The Kier molecular flexibility index (Phi) is 8.16. The predicted octanol–water partition coefficient (Wildman–Crippen LogP) is 8.84. The van der Waals surface area contributed by atoms with Crippen molar-refractivity contribution in [3.8, 4) is 0 Å². The van der Waals surface area contributed by atoms with Gasteiger partial charge in [0, 0.05) is 15.8 Å². The summed E-state index contributed by atoms with van der Waals surface area (Å²) in [6.07, 6.45) is 4.36. The third-order valence-corrected chi connectivity index (χ3v) is 6.49. The van der Waals surface area contributed by atoms with E-state index in [0.29, 0.717) is 11.8 Å². The van der Waals surface area contributed by atoms with Gasteiger partial charge in [-0.2, -0.15) is 11.8 Å². The Hall–Kier alpha value is -0.630. The van der Waals surface area contributed by atoms with Crippen LogP contribution in [-0.2, 0) is 11.2 Å². The van der Waals surface area contributed by atoms with E-state index in [1.165, 1.54) is 22.3 Å². The molecule has 0 bridgehead atoms. The second-order valence-corrected chi connectivity index (χ2v) is 10.3. The van der Waals surface area contributed by atoms with Crippen LogP contribution in [0.3, 0.4) is 0 Å². The summed E-state index contributed by atoms with van der Waals surface area (Å²) in [7, 11) is 0. The molecule has 0 aromatic heterocycles. The van der Waals surface area contributed by atoms with Gasteiger partial charge in [0.25, 0.3) is 0 Å². The molecule has 3 heteroatoms. The van der Waals surface area contributed by atoms with Gasteiger partial charge in [-0.25, -0.2) is 0 Å². The van der Waals surface area contributed by atoms with E-state index in [1.807, 2.05) is 11.8 Å². The molecule has 2 aromatic carbocycles. The molecular formula is C24H32Cl2S. The molecule has 148 valence electrons. The molecule has 0 heterocycles. The summed E-state index contributed by atoms with van der Waals surface area (Å²) in [6.45, 7) is 11.4. The molecule has 0 aliphatic heterocycles. The van der Waals surface area contributed by atoms with Crippen LogP contribution in [0, 0.1) is 0 Å². The van der Waals surface area contributed by atoms with E-state index in [4.69, 9.17) is 23.2 Å². The Morgan fingerprint density at radius 3 is 2.15 bits per heavy atom. The van der Waals surface area contributed by atoms with Crippen LogP contribution in [0.4, 0.5) is 0 Å². The van der Waals surface area contributed by atoms with Gasteiger partial charge in [0.15, 0.2) is 0 Å². The van der Waals surface area contributed by atoms with Crippen LogP contribution >= 0.6 is 35.0 Å². The van der Waals surface area contributed by atoms with Gasteiger partial charge in [-0.1, -0.05) is 70.0 Å². The zero-order valence-electron chi connectivity index (χ0n) is 17.4. The summed E-state index contributed by atoms with van der Waals surface area (Å²) in [4.78, 5) is 0. The second kappa shape index (κ2) is 9.72. The van der Waals surface area contributed by atoms with E-state index in [-0.39, 0.29) is 5.41 Å². The standard InChI is InChI=1S/C24H32Cl2S/c1-16(2)19-11-20(13-23(26)12-19)17(3)7-8-24(4,5)21-9-18(15-27-6)10-22(25)14-21/h9-14,16-17H,7-8,15H2,1-6H3.